The maximum absolute atomic E-state index is 13.2. The number of nitrogens with two attached hydrogens (primary N) is 1. The highest BCUT2D eigenvalue weighted by molar-refractivity contribution is 5.93. The number of aliphatic hydroxyl groups is 1. The van der Waals surface area contributed by atoms with Crippen molar-refractivity contribution in [2.24, 2.45) is 5.73 Å². The molecule has 9 heteroatoms. The molecule has 1 saturated heterocycles. The molecule has 0 unspecified atom stereocenters. The van der Waals surface area contributed by atoms with Gasteiger partial charge in [-0.15, -0.1) is 0 Å². The fraction of sp³-hybridized carbons (Fsp3) is 0.286. The van der Waals surface area contributed by atoms with E-state index in [2.05, 4.69) is 10.3 Å². The minimum absolute atomic E-state index is 0.183. The van der Waals surface area contributed by atoms with Crippen LogP contribution in [-0.4, -0.2) is 56.6 Å². The zero-order chi connectivity index (χ0) is 26.7. The number of aromatic nitrogens is 1. The van der Waals surface area contributed by atoms with Crippen molar-refractivity contribution in [3.8, 4) is 11.1 Å². The van der Waals surface area contributed by atoms with E-state index in [4.69, 9.17) is 10.8 Å². The number of carbonyl (C=O) groups is 3. The number of hydrogen-bond acceptors (Lipinski definition) is 6. The molecule has 5 N–H and O–H groups in total. The lowest BCUT2D eigenvalue weighted by Gasteiger charge is -2.25. The molecule has 0 radical (unpaired) electrons. The fourth-order valence-electron chi connectivity index (χ4n) is 4.73. The number of carboxylic acids is 1. The average molecular weight is 503 g/mol. The van der Waals surface area contributed by atoms with Crippen LogP contribution in [0.3, 0.4) is 0 Å². The second-order valence-electron chi connectivity index (χ2n) is 9.47. The summed E-state index contributed by atoms with van der Waals surface area (Å²) in [5, 5.41) is 22.4. The van der Waals surface area contributed by atoms with Gasteiger partial charge in [-0.3, -0.25) is 19.5 Å². The van der Waals surface area contributed by atoms with Gasteiger partial charge in [0.25, 0.3) is 0 Å². The number of β-amino-alcohol motifs (C(OH)–C–C–N with tert-alkyl or cyclic N) is 1. The monoisotopic (exact) mass is 502 g/mol. The van der Waals surface area contributed by atoms with Crippen LogP contribution in [-0.2, 0) is 11.3 Å². The third kappa shape index (κ3) is 6.02. The predicted octanol–water partition coefficient (Wildman–Crippen LogP) is 2.67. The third-order valence-corrected chi connectivity index (χ3v) is 6.70. The predicted molar refractivity (Wildman–Crippen MR) is 138 cm³/mol. The summed E-state index contributed by atoms with van der Waals surface area (Å²) in [7, 11) is 0. The summed E-state index contributed by atoms with van der Waals surface area (Å²) in [4.78, 5) is 42.0. The van der Waals surface area contributed by atoms with Gasteiger partial charge in [-0.25, -0.2) is 4.79 Å². The first-order valence-electron chi connectivity index (χ1n) is 12.0. The van der Waals surface area contributed by atoms with Gasteiger partial charge in [-0.05, 0) is 72.9 Å². The Kier molecular flexibility index (Phi) is 7.66. The summed E-state index contributed by atoms with van der Waals surface area (Å²) in [6.45, 7) is 4.52. The molecule has 0 aliphatic carbocycles. The first-order valence-corrected chi connectivity index (χ1v) is 12.0. The number of primary amides is 1. The number of nitrogens with zero attached hydrogens (tertiary/aromatic N) is 2. The number of likely N-dealkylation sites (tertiary alicyclic amines) is 1. The van der Waals surface area contributed by atoms with Crippen LogP contribution in [0.4, 0.5) is 0 Å². The number of aliphatic hydroxyl groups excluding tert-OH is 1. The van der Waals surface area contributed by atoms with Gasteiger partial charge < -0.3 is 21.3 Å². The van der Waals surface area contributed by atoms with Gasteiger partial charge in [0.05, 0.1) is 23.8 Å². The first-order chi connectivity index (χ1) is 17.6. The van der Waals surface area contributed by atoms with Crippen LogP contribution in [0.15, 0.2) is 60.9 Å². The summed E-state index contributed by atoms with van der Waals surface area (Å²) in [6, 6.07) is 12.8. The molecule has 2 amide bonds. The molecule has 0 bridgehead atoms. The van der Waals surface area contributed by atoms with Crippen molar-refractivity contribution in [3.05, 3.63) is 88.7 Å². The lowest BCUT2D eigenvalue weighted by Crippen LogP contribution is -2.43. The number of pyridine rings is 1. The maximum atomic E-state index is 13.2. The van der Waals surface area contributed by atoms with E-state index < -0.39 is 24.0 Å². The van der Waals surface area contributed by atoms with Gasteiger partial charge in [-0.2, -0.15) is 0 Å². The van der Waals surface area contributed by atoms with Gasteiger partial charge in [0.1, 0.15) is 0 Å². The Morgan fingerprint density at radius 1 is 1.11 bits per heavy atom. The van der Waals surface area contributed by atoms with E-state index in [1.165, 1.54) is 12.1 Å². The van der Waals surface area contributed by atoms with E-state index in [0.29, 0.717) is 25.1 Å². The Morgan fingerprint density at radius 2 is 1.81 bits per heavy atom. The summed E-state index contributed by atoms with van der Waals surface area (Å²) >= 11 is 0. The van der Waals surface area contributed by atoms with Crippen molar-refractivity contribution in [1.82, 2.24) is 15.2 Å². The van der Waals surface area contributed by atoms with Crippen LogP contribution in [0, 0.1) is 6.92 Å². The van der Waals surface area contributed by atoms with Crippen LogP contribution >= 0.6 is 0 Å². The van der Waals surface area contributed by atoms with Crippen molar-refractivity contribution >= 4 is 17.8 Å². The summed E-state index contributed by atoms with van der Waals surface area (Å²) in [6.07, 6.45) is 3.18. The van der Waals surface area contributed by atoms with E-state index in [1.54, 1.807) is 36.7 Å². The number of aromatic carboxylic acids is 1. The van der Waals surface area contributed by atoms with Crippen molar-refractivity contribution in [3.63, 3.8) is 0 Å². The van der Waals surface area contributed by atoms with Crippen molar-refractivity contribution in [2.45, 2.75) is 45.0 Å². The van der Waals surface area contributed by atoms with Crippen LogP contribution in [0.1, 0.15) is 56.8 Å². The molecule has 1 aliphatic rings. The summed E-state index contributed by atoms with van der Waals surface area (Å²) < 4.78 is 0. The van der Waals surface area contributed by atoms with Crippen LogP contribution < -0.4 is 11.1 Å². The molecule has 4 rings (SSSR count). The highest BCUT2D eigenvalue weighted by Gasteiger charge is 2.36. The molecule has 37 heavy (non-hydrogen) atoms. The van der Waals surface area contributed by atoms with Crippen LogP contribution in [0.25, 0.3) is 11.1 Å². The zero-order valence-corrected chi connectivity index (χ0v) is 20.7. The second-order valence-corrected chi connectivity index (χ2v) is 9.47. The molecule has 192 valence electrons. The van der Waals surface area contributed by atoms with E-state index in [1.807, 2.05) is 30.9 Å². The smallest absolute Gasteiger partial charge is 0.335 e. The normalized spacial score (nSPS) is 18.4. The molecule has 1 aliphatic heterocycles. The lowest BCUT2D eigenvalue weighted by molar-refractivity contribution is -0.126. The molecule has 9 nitrogen and oxygen atoms in total. The molecule has 0 saturated carbocycles. The molecule has 1 aromatic heterocycles. The molecular formula is C28H30N4O5. The van der Waals surface area contributed by atoms with Crippen molar-refractivity contribution in [2.75, 3.05) is 6.54 Å². The first kappa shape index (κ1) is 26.0. The second kappa shape index (κ2) is 10.9. The van der Waals surface area contributed by atoms with Gasteiger partial charge in [0.2, 0.25) is 11.8 Å². The highest BCUT2D eigenvalue weighted by atomic mass is 16.4. The average Bonchev–Trinajstić information content (AvgIpc) is 3.24. The van der Waals surface area contributed by atoms with E-state index in [-0.39, 0.29) is 17.5 Å². The number of carboxylic acid groups (broad SMARTS) is 1. The summed E-state index contributed by atoms with van der Waals surface area (Å²) in [5.74, 6) is -1.69. The number of benzene rings is 2. The van der Waals surface area contributed by atoms with Gasteiger partial charge in [-0.1, -0.05) is 18.2 Å². The highest BCUT2D eigenvalue weighted by Crippen LogP contribution is 2.27. The fourth-order valence-corrected chi connectivity index (χ4v) is 4.73. The Morgan fingerprint density at radius 3 is 2.46 bits per heavy atom. The topological polar surface area (TPSA) is 146 Å². The standard InChI is InChI=1S/C28H30N4O5/c1-16-9-21(26(29)34)7-8-24(16)22-10-18(12-30-13-22)14-32-15-23(33)11-25(32)27(35)31-17(2)19-3-5-20(6-4-19)28(36)37/h3-10,12-13,17,23,25,33H,11,14-15H2,1-2H3,(H2,29,34)(H,31,35)(H,36,37)/t17-,23+,25+/m0/s1. The third-order valence-electron chi connectivity index (χ3n) is 6.70. The van der Waals surface area contributed by atoms with E-state index in [9.17, 15) is 19.5 Å². The molecule has 2 aromatic carbocycles. The Balaban J connectivity index is 1.47. The molecular weight excluding hydrogens is 472 g/mol. The Labute approximate surface area is 214 Å². The van der Waals surface area contributed by atoms with E-state index >= 15 is 0 Å². The minimum Gasteiger partial charge on any atom is -0.478 e. The number of nitrogens with one attached hydrogen (secondary N) is 1. The van der Waals surface area contributed by atoms with E-state index in [0.717, 1.165) is 27.8 Å². The molecule has 3 aromatic rings. The number of aryl methyl sites for hydroxylation is 1. The Hall–Kier alpha value is -4.08. The number of amides is 2. The SMILES string of the molecule is Cc1cc(C(N)=O)ccc1-c1cncc(CN2C[C@H](O)C[C@@H]2C(=O)N[C@@H](C)c2ccc(C(=O)O)cc2)c1. The minimum atomic E-state index is -1.00. The number of rotatable bonds is 8. The molecule has 1 fully saturated rings. The maximum Gasteiger partial charge on any atom is 0.335 e. The molecule has 2 heterocycles. The molecule has 3 atom stereocenters. The molecule has 0 spiro atoms. The summed E-state index contributed by atoms with van der Waals surface area (Å²) in [5.41, 5.74) is 10.4. The Bertz CT molecular complexity index is 1320. The lowest BCUT2D eigenvalue weighted by atomic mass is 9.98. The largest absolute Gasteiger partial charge is 0.478 e. The number of carbonyl (C=O) groups excluding carboxylic acids is 2. The quantitative estimate of drug-likeness (QED) is 0.370. The van der Waals surface area contributed by atoms with Crippen molar-refractivity contribution < 1.29 is 24.6 Å². The van der Waals surface area contributed by atoms with Crippen LogP contribution in [0.2, 0.25) is 0 Å². The zero-order valence-electron chi connectivity index (χ0n) is 20.7. The van der Waals surface area contributed by atoms with Crippen molar-refractivity contribution in [1.29, 1.82) is 0 Å². The number of hydrogen-bond donors (Lipinski definition) is 4. The van der Waals surface area contributed by atoms with Gasteiger partial charge >= 0.3 is 5.97 Å². The van der Waals surface area contributed by atoms with Gasteiger partial charge in [0, 0.05) is 36.6 Å². The van der Waals surface area contributed by atoms with Gasteiger partial charge in [0.15, 0.2) is 0 Å². The van der Waals surface area contributed by atoms with Crippen LogP contribution in [0.5, 0.6) is 0 Å².